The Morgan fingerprint density at radius 3 is 2.50 bits per heavy atom. The summed E-state index contributed by atoms with van der Waals surface area (Å²) in [5, 5.41) is 0. The van der Waals surface area contributed by atoms with Crippen LogP contribution in [-0.4, -0.2) is 11.4 Å². The van der Waals surface area contributed by atoms with Gasteiger partial charge >= 0.3 is 0 Å². The molecule has 1 nitrogen and oxygen atoms in total. The van der Waals surface area contributed by atoms with E-state index in [2.05, 4.69) is 56.5 Å². The summed E-state index contributed by atoms with van der Waals surface area (Å²) in [7, 11) is 0. The lowest BCUT2D eigenvalue weighted by Crippen LogP contribution is -2.34. The van der Waals surface area contributed by atoms with Crippen LogP contribution in [0.1, 0.15) is 31.9 Å². The lowest BCUT2D eigenvalue weighted by atomic mass is 9.94. The van der Waals surface area contributed by atoms with E-state index in [0.29, 0.717) is 0 Å². The van der Waals surface area contributed by atoms with Crippen molar-refractivity contribution in [2.75, 3.05) is 6.54 Å². The summed E-state index contributed by atoms with van der Waals surface area (Å²) in [4.78, 5) is 2.36. The third kappa shape index (κ3) is 1.02. The predicted octanol–water partition coefficient (Wildman–Crippen LogP) is 3.23. The Kier molecular flexibility index (Phi) is 1.91. The summed E-state index contributed by atoms with van der Waals surface area (Å²) in [6, 6.07) is 8.55. The Bertz CT molecular complexity index is 377. The number of hydrogen-bond donors (Lipinski definition) is 0. The monoisotopic (exact) mass is 187 g/mol. The van der Waals surface area contributed by atoms with E-state index >= 15 is 0 Å². The molecule has 0 aromatic heterocycles. The van der Waals surface area contributed by atoms with Crippen LogP contribution in [0.2, 0.25) is 0 Å². The Balaban J connectivity index is 2.61. The van der Waals surface area contributed by atoms with E-state index < -0.39 is 0 Å². The molecule has 0 radical (unpaired) electrons. The first kappa shape index (κ1) is 9.32. The number of rotatable bonds is 1. The van der Waals surface area contributed by atoms with Gasteiger partial charge in [0.25, 0.3) is 0 Å². The Morgan fingerprint density at radius 2 is 1.93 bits per heavy atom. The van der Waals surface area contributed by atoms with Crippen LogP contribution in [0.15, 0.2) is 30.8 Å². The molecule has 1 heterocycles. The molecule has 0 amide bonds. The van der Waals surface area contributed by atoms with Gasteiger partial charge in [0.1, 0.15) is 0 Å². The van der Waals surface area contributed by atoms with Crippen molar-refractivity contribution in [3.05, 3.63) is 42.0 Å². The van der Waals surface area contributed by atoms with E-state index in [4.69, 9.17) is 0 Å². The minimum atomic E-state index is 0.0996. The molecule has 1 heteroatoms. The third-order valence-corrected chi connectivity index (χ3v) is 3.21. The van der Waals surface area contributed by atoms with Gasteiger partial charge in [-0.15, -0.1) is 0 Å². The van der Waals surface area contributed by atoms with Gasteiger partial charge in [-0.05, 0) is 26.3 Å². The van der Waals surface area contributed by atoms with Crippen LogP contribution in [0.3, 0.4) is 0 Å². The fourth-order valence-corrected chi connectivity index (χ4v) is 2.48. The predicted molar refractivity (Wildman–Crippen MR) is 60.9 cm³/mol. The van der Waals surface area contributed by atoms with Crippen LogP contribution < -0.4 is 0 Å². The standard InChI is InChI=1S/C13H17N/c1-5-14-10(2)11-8-6-7-9-12(11)13(14,3)4/h6-9H,2,5H2,1,3-4H3. The van der Waals surface area contributed by atoms with E-state index in [1.807, 2.05) is 0 Å². The molecule has 0 unspecified atom stereocenters. The normalized spacial score (nSPS) is 18.5. The second-order valence-corrected chi connectivity index (χ2v) is 4.30. The second kappa shape index (κ2) is 2.88. The highest BCUT2D eigenvalue weighted by Gasteiger charge is 2.37. The molecule has 1 aliphatic heterocycles. The molecule has 74 valence electrons. The topological polar surface area (TPSA) is 3.24 Å². The van der Waals surface area contributed by atoms with Crippen LogP contribution in [-0.2, 0) is 5.54 Å². The molecule has 0 saturated heterocycles. The van der Waals surface area contributed by atoms with Crippen molar-refractivity contribution in [1.82, 2.24) is 4.90 Å². The van der Waals surface area contributed by atoms with Gasteiger partial charge in [-0.2, -0.15) is 0 Å². The van der Waals surface area contributed by atoms with Crippen molar-refractivity contribution in [2.45, 2.75) is 26.3 Å². The van der Waals surface area contributed by atoms with Crippen molar-refractivity contribution in [3.63, 3.8) is 0 Å². The largest absolute Gasteiger partial charge is 0.363 e. The van der Waals surface area contributed by atoms with E-state index in [1.165, 1.54) is 11.1 Å². The minimum absolute atomic E-state index is 0.0996. The molecule has 14 heavy (non-hydrogen) atoms. The van der Waals surface area contributed by atoms with Crippen molar-refractivity contribution in [1.29, 1.82) is 0 Å². The highest BCUT2D eigenvalue weighted by atomic mass is 15.2. The lowest BCUT2D eigenvalue weighted by Gasteiger charge is -2.33. The van der Waals surface area contributed by atoms with Gasteiger partial charge in [-0.1, -0.05) is 30.8 Å². The van der Waals surface area contributed by atoms with Crippen molar-refractivity contribution in [2.24, 2.45) is 0 Å². The lowest BCUT2D eigenvalue weighted by molar-refractivity contribution is 0.229. The molecular weight excluding hydrogens is 170 g/mol. The number of benzene rings is 1. The first-order valence-electron chi connectivity index (χ1n) is 5.15. The van der Waals surface area contributed by atoms with E-state index in [9.17, 15) is 0 Å². The van der Waals surface area contributed by atoms with Gasteiger partial charge in [0.15, 0.2) is 0 Å². The Morgan fingerprint density at radius 1 is 1.29 bits per heavy atom. The average molecular weight is 187 g/mol. The zero-order valence-corrected chi connectivity index (χ0v) is 9.17. The van der Waals surface area contributed by atoms with Gasteiger partial charge in [0.2, 0.25) is 0 Å². The van der Waals surface area contributed by atoms with E-state index in [1.54, 1.807) is 0 Å². The van der Waals surface area contributed by atoms with Gasteiger partial charge in [-0.3, -0.25) is 0 Å². The first-order chi connectivity index (χ1) is 6.59. The van der Waals surface area contributed by atoms with Crippen LogP contribution in [0.5, 0.6) is 0 Å². The fraction of sp³-hybridized carbons (Fsp3) is 0.385. The first-order valence-corrected chi connectivity index (χ1v) is 5.15. The number of hydrogen-bond acceptors (Lipinski definition) is 1. The molecule has 0 fully saturated rings. The van der Waals surface area contributed by atoms with Gasteiger partial charge in [-0.25, -0.2) is 0 Å². The summed E-state index contributed by atoms with van der Waals surface area (Å²) in [5.41, 5.74) is 3.96. The summed E-state index contributed by atoms with van der Waals surface area (Å²) in [6.07, 6.45) is 0. The molecular formula is C13H17N. The zero-order chi connectivity index (χ0) is 10.3. The molecule has 0 N–H and O–H groups in total. The second-order valence-electron chi connectivity index (χ2n) is 4.30. The molecule has 0 saturated carbocycles. The number of nitrogens with zero attached hydrogens (tertiary/aromatic N) is 1. The molecule has 0 spiro atoms. The number of fused-ring (bicyclic) bond motifs is 1. The molecule has 2 rings (SSSR count). The van der Waals surface area contributed by atoms with Crippen LogP contribution in [0, 0.1) is 0 Å². The van der Waals surface area contributed by atoms with E-state index in [0.717, 1.165) is 12.2 Å². The van der Waals surface area contributed by atoms with Crippen LogP contribution in [0.25, 0.3) is 5.70 Å². The third-order valence-electron chi connectivity index (χ3n) is 3.21. The average Bonchev–Trinajstić information content (AvgIpc) is 2.36. The molecule has 1 aromatic carbocycles. The van der Waals surface area contributed by atoms with Gasteiger partial charge in [0, 0.05) is 17.8 Å². The Hall–Kier alpha value is -1.24. The minimum Gasteiger partial charge on any atom is -0.363 e. The maximum atomic E-state index is 4.17. The maximum Gasteiger partial charge on any atom is 0.0604 e. The van der Waals surface area contributed by atoms with Crippen molar-refractivity contribution < 1.29 is 0 Å². The molecule has 1 aliphatic rings. The van der Waals surface area contributed by atoms with Crippen LogP contribution in [0.4, 0.5) is 0 Å². The summed E-state index contributed by atoms with van der Waals surface area (Å²) >= 11 is 0. The smallest absolute Gasteiger partial charge is 0.0604 e. The van der Waals surface area contributed by atoms with Gasteiger partial charge < -0.3 is 4.90 Å². The maximum absolute atomic E-state index is 4.17. The van der Waals surface area contributed by atoms with Crippen molar-refractivity contribution in [3.8, 4) is 0 Å². The van der Waals surface area contributed by atoms with Crippen molar-refractivity contribution >= 4 is 5.70 Å². The highest BCUT2D eigenvalue weighted by molar-refractivity contribution is 5.71. The Labute approximate surface area is 86.1 Å². The summed E-state index contributed by atoms with van der Waals surface area (Å²) in [5.74, 6) is 0. The highest BCUT2D eigenvalue weighted by Crippen LogP contribution is 2.43. The summed E-state index contributed by atoms with van der Waals surface area (Å²) < 4.78 is 0. The molecule has 0 atom stereocenters. The SMILES string of the molecule is C=C1c2ccccc2C(C)(C)N1CC. The molecule has 1 aromatic rings. The van der Waals surface area contributed by atoms with Crippen LogP contribution >= 0.6 is 0 Å². The van der Waals surface area contributed by atoms with Gasteiger partial charge in [0.05, 0.1) is 5.54 Å². The quantitative estimate of drug-likeness (QED) is 0.652. The summed E-state index contributed by atoms with van der Waals surface area (Å²) in [6.45, 7) is 11.9. The molecule has 0 aliphatic carbocycles. The van der Waals surface area contributed by atoms with E-state index in [-0.39, 0.29) is 5.54 Å². The fourth-order valence-electron chi connectivity index (χ4n) is 2.48. The zero-order valence-electron chi connectivity index (χ0n) is 9.17. The molecule has 0 bridgehead atoms.